The molecule has 1 amide bonds. The zero-order chi connectivity index (χ0) is 14.0. The highest BCUT2D eigenvalue weighted by Gasteiger charge is 2.30. The van der Waals surface area contributed by atoms with E-state index >= 15 is 0 Å². The molecule has 0 radical (unpaired) electrons. The quantitative estimate of drug-likeness (QED) is 0.848. The molecule has 1 aromatic carbocycles. The third-order valence-corrected chi connectivity index (χ3v) is 3.19. The number of aliphatic hydroxyl groups is 1. The first kappa shape index (κ1) is 13.9. The Hall–Kier alpha value is -1.53. The van der Waals surface area contributed by atoms with Crippen LogP contribution in [0.15, 0.2) is 18.2 Å². The summed E-state index contributed by atoms with van der Waals surface area (Å²) in [4.78, 5) is 13.5. The lowest BCUT2D eigenvalue weighted by Gasteiger charge is -2.21. The van der Waals surface area contributed by atoms with Gasteiger partial charge >= 0.3 is 0 Å². The van der Waals surface area contributed by atoms with Crippen molar-refractivity contribution in [1.29, 1.82) is 0 Å². The monoisotopic (exact) mass is 270 g/mol. The van der Waals surface area contributed by atoms with Crippen molar-refractivity contribution in [2.24, 2.45) is 0 Å². The summed E-state index contributed by atoms with van der Waals surface area (Å²) in [6.07, 6.45) is -0.133. The number of aliphatic hydroxyl groups excluding tert-OH is 1. The molecule has 0 unspecified atom stereocenters. The minimum Gasteiger partial charge on any atom is -0.392 e. The first-order valence-corrected chi connectivity index (χ1v) is 6.07. The third-order valence-electron chi connectivity index (χ3n) is 3.19. The van der Waals surface area contributed by atoms with Crippen LogP contribution in [-0.4, -0.2) is 41.7 Å². The van der Waals surface area contributed by atoms with E-state index in [0.717, 1.165) is 12.1 Å². The van der Waals surface area contributed by atoms with Crippen molar-refractivity contribution in [2.45, 2.75) is 25.1 Å². The van der Waals surface area contributed by atoms with E-state index in [-0.39, 0.29) is 12.5 Å². The number of benzene rings is 1. The Kier molecular flexibility index (Phi) is 4.11. The van der Waals surface area contributed by atoms with Crippen LogP contribution < -0.4 is 5.32 Å². The molecule has 1 aromatic rings. The highest BCUT2D eigenvalue weighted by molar-refractivity contribution is 5.82. The van der Waals surface area contributed by atoms with Crippen molar-refractivity contribution >= 4 is 5.91 Å². The Balaban J connectivity index is 1.98. The maximum atomic E-state index is 13.1. The first-order chi connectivity index (χ1) is 8.97. The highest BCUT2D eigenvalue weighted by atomic mass is 19.2. The van der Waals surface area contributed by atoms with Crippen molar-refractivity contribution in [3.8, 4) is 0 Å². The lowest BCUT2D eigenvalue weighted by Crippen LogP contribution is -2.41. The second kappa shape index (κ2) is 5.63. The molecule has 19 heavy (non-hydrogen) atoms. The van der Waals surface area contributed by atoms with Gasteiger partial charge in [0.15, 0.2) is 11.6 Å². The van der Waals surface area contributed by atoms with Crippen LogP contribution >= 0.6 is 0 Å². The summed E-state index contributed by atoms with van der Waals surface area (Å²) in [5.74, 6) is -1.99. The van der Waals surface area contributed by atoms with E-state index < -0.39 is 23.8 Å². The van der Waals surface area contributed by atoms with Crippen LogP contribution in [0.4, 0.5) is 8.78 Å². The molecule has 6 heteroatoms. The number of rotatable bonds is 3. The fraction of sp³-hybridized carbons (Fsp3) is 0.462. The van der Waals surface area contributed by atoms with E-state index in [1.807, 2.05) is 0 Å². The number of β-amino-alcohol motifs (C(OH)–C–C–N with tert-alkyl or cyclic N) is 1. The van der Waals surface area contributed by atoms with Gasteiger partial charge in [0.05, 0.1) is 12.1 Å². The largest absolute Gasteiger partial charge is 0.392 e. The van der Waals surface area contributed by atoms with Gasteiger partial charge in [0.1, 0.15) is 0 Å². The maximum Gasteiger partial charge on any atom is 0.239 e. The smallest absolute Gasteiger partial charge is 0.239 e. The number of amides is 1. The fourth-order valence-corrected chi connectivity index (χ4v) is 2.16. The highest BCUT2D eigenvalue weighted by Crippen LogP contribution is 2.13. The van der Waals surface area contributed by atoms with Crippen molar-refractivity contribution < 1.29 is 18.7 Å². The first-order valence-electron chi connectivity index (χ1n) is 6.07. The minimum absolute atomic E-state index is 0.165. The number of nitrogens with zero attached hydrogens (tertiary/aromatic N) is 1. The summed E-state index contributed by atoms with van der Waals surface area (Å²) in [7, 11) is 1.59. The molecule has 0 saturated carbocycles. The lowest BCUT2D eigenvalue weighted by molar-refractivity contribution is -0.132. The van der Waals surface area contributed by atoms with Crippen molar-refractivity contribution in [3.05, 3.63) is 35.4 Å². The number of nitrogens with one attached hydrogen (secondary N) is 1. The van der Waals surface area contributed by atoms with Crippen LogP contribution in [-0.2, 0) is 11.3 Å². The molecule has 1 aliphatic heterocycles. The zero-order valence-electron chi connectivity index (χ0n) is 10.6. The fourth-order valence-electron chi connectivity index (χ4n) is 2.16. The molecule has 2 rings (SSSR count). The third kappa shape index (κ3) is 3.27. The van der Waals surface area contributed by atoms with Crippen molar-refractivity contribution in [1.82, 2.24) is 10.2 Å². The molecule has 1 heterocycles. The van der Waals surface area contributed by atoms with Crippen molar-refractivity contribution in [3.63, 3.8) is 0 Å². The molecular weight excluding hydrogens is 254 g/mol. The van der Waals surface area contributed by atoms with Gasteiger partial charge in [-0.3, -0.25) is 4.79 Å². The molecule has 0 spiro atoms. The topological polar surface area (TPSA) is 52.6 Å². The van der Waals surface area contributed by atoms with Gasteiger partial charge in [0, 0.05) is 20.1 Å². The van der Waals surface area contributed by atoms with Gasteiger partial charge in [0.25, 0.3) is 0 Å². The van der Waals surface area contributed by atoms with Crippen LogP contribution in [0.2, 0.25) is 0 Å². The molecule has 0 aromatic heterocycles. The Bertz CT molecular complexity index is 482. The number of halogens is 2. The molecule has 104 valence electrons. The van der Waals surface area contributed by atoms with Crippen LogP contribution in [0.1, 0.15) is 12.0 Å². The van der Waals surface area contributed by atoms with Gasteiger partial charge < -0.3 is 15.3 Å². The van der Waals surface area contributed by atoms with Gasteiger partial charge in [-0.15, -0.1) is 0 Å². The molecule has 1 aliphatic rings. The van der Waals surface area contributed by atoms with Crippen LogP contribution in [0.5, 0.6) is 0 Å². The summed E-state index contributed by atoms with van der Waals surface area (Å²) in [6, 6.07) is 3.15. The molecular formula is C13H16F2N2O2. The predicted molar refractivity (Wildman–Crippen MR) is 65.2 cm³/mol. The summed E-state index contributed by atoms with van der Waals surface area (Å²) >= 11 is 0. The Labute approximate surface area is 110 Å². The zero-order valence-corrected chi connectivity index (χ0v) is 10.6. The number of hydrogen-bond acceptors (Lipinski definition) is 3. The normalized spacial score (nSPS) is 22.5. The van der Waals surface area contributed by atoms with Crippen LogP contribution in [0, 0.1) is 11.6 Å². The van der Waals surface area contributed by atoms with E-state index in [9.17, 15) is 18.7 Å². The Morgan fingerprint density at radius 3 is 2.79 bits per heavy atom. The number of carbonyl (C=O) groups excluding carboxylic acids is 1. The van der Waals surface area contributed by atoms with Gasteiger partial charge in [-0.25, -0.2) is 8.78 Å². The van der Waals surface area contributed by atoms with E-state index in [1.54, 1.807) is 7.05 Å². The standard InChI is InChI=1S/C13H16F2N2O2/c1-17(13(19)12-5-9(18)6-16-12)7-8-2-3-10(14)11(15)4-8/h2-4,9,12,16,18H,5-7H2,1H3/t9-,12+/m1/s1. The molecule has 0 bridgehead atoms. The average Bonchev–Trinajstić information content (AvgIpc) is 2.79. The SMILES string of the molecule is CN(Cc1ccc(F)c(F)c1)C(=O)[C@@H]1C[C@@H](O)CN1. The summed E-state index contributed by atoms with van der Waals surface area (Å²) in [5.41, 5.74) is 0.522. The molecule has 0 aliphatic carbocycles. The molecule has 2 atom stereocenters. The molecule has 4 nitrogen and oxygen atoms in total. The molecule has 1 fully saturated rings. The Morgan fingerprint density at radius 2 is 2.21 bits per heavy atom. The van der Waals surface area contributed by atoms with Gasteiger partial charge in [-0.05, 0) is 24.1 Å². The lowest BCUT2D eigenvalue weighted by atomic mass is 10.1. The predicted octanol–water partition coefficient (Wildman–Crippen LogP) is 0.646. The van der Waals surface area contributed by atoms with E-state index in [4.69, 9.17) is 0 Å². The van der Waals surface area contributed by atoms with E-state index in [2.05, 4.69) is 5.32 Å². The molecule has 2 N–H and O–H groups in total. The molecule has 1 saturated heterocycles. The number of likely N-dealkylation sites (N-methyl/N-ethyl adjacent to an activating group) is 1. The minimum atomic E-state index is -0.923. The van der Waals surface area contributed by atoms with E-state index in [1.165, 1.54) is 11.0 Å². The number of carbonyl (C=O) groups is 1. The summed E-state index contributed by atoms with van der Waals surface area (Å²) in [6.45, 7) is 0.597. The summed E-state index contributed by atoms with van der Waals surface area (Å²) < 4.78 is 25.8. The maximum absolute atomic E-state index is 13.1. The van der Waals surface area contributed by atoms with Gasteiger partial charge in [-0.2, -0.15) is 0 Å². The van der Waals surface area contributed by atoms with E-state index in [0.29, 0.717) is 18.5 Å². The van der Waals surface area contributed by atoms with Crippen LogP contribution in [0.25, 0.3) is 0 Å². The second-order valence-electron chi connectivity index (χ2n) is 4.79. The van der Waals surface area contributed by atoms with Gasteiger partial charge in [-0.1, -0.05) is 6.07 Å². The Morgan fingerprint density at radius 1 is 1.47 bits per heavy atom. The van der Waals surface area contributed by atoms with Gasteiger partial charge in [0.2, 0.25) is 5.91 Å². The second-order valence-corrected chi connectivity index (χ2v) is 4.79. The average molecular weight is 270 g/mol. The number of hydrogen-bond donors (Lipinski definition) is 2. The van der Waals surface area contributed by atoms with Crippen LogP contribution in [0.3, 0.4) is 0 Å². The van der Waals surface area contributed by atoms with Crippen molar-refractivity contribution in [2.75, 3.05) is 13.6 Å². The summed E-state index contributed by atoms with van der Waals surface area (Å²) in [5, 5.41) is 12.3.